The third-order valence-corrected chi connectivity index (χ3v) is 6.55. The average Bonchev–Trinajstić information content (AvgIpc) is 2.57. The van der Waals surface area contributed by atoms with Gasteiger partial charge in [-0.3, -0.25) is 0 Å². The van der Waals surface area contributed by atoms with Gasteiger partial charge in [-0.15, -0.1) is 0 Å². The van der Waals surface area contributed by atoms with E-state index >= 15 is 0 Å². The van der Waals surface area contributed by atoms with Crippen LogP contribution in [0.5, 0.6) is 0 Å². The monoisotopic (exact) mass is 388 g/mol. The van der Waals surface area contributed by atoms with Gasteiger partial charge in [0.15, 0.2) is 0 Å². The van der Waals surface area contributed by atoms with E-state index in [-0.39, 0.29) is 26.4 Å². The molecule has 0 saturated heterocycles. The summed E-state index contributed by atoms with van der Waals surface area (Å²) in [5.41, 5.74) is 0. The first kappa shape index (κ1) is 24.3. The number of hydrogen-bond donors (Lipinski definition) is 0. The fraction of sp³-hybridized carbons (Fsp3) is 1.00. The second-order valence-corrected chi connectivity index (χ2v) is 9.78. The van der Waals surface area contributed by atoms with Crippen molar-refractivity contribution in [2.24, 2.45) is 0 Å². The van der Waals surface area contributed by atoms with Crippen LogP contribution in [0.1, 0.15) is 79.1 Å². The van der Waals surface area contributed by atoms with Crippen LogP contribution in [0.2, 0.25) is 0 Å². The van der Waals surface area contributed by atoms with Gasteiger partial charge >= 0.3 is 149 Å². The van der Waals surface area contributed by atoms with E-state index in [0.717, 1.165) is 38.5 Å². The molecular formula is C16H36O7Ti. The normalized spacial score (nSPS) is 12.7. The molecule has 0 amide bonds. The molecule has 24 heavy (non-hydrogen) atoms. The summed E-state index contributed by atoms with van der Waals surface area (Å²) in [5, 5.41) is 0. The van der Waals surface area contributed by atoms with Crippen molar-refractivity contribution < 1.29 is 43.5 Å². The van der Waals surface area contributed by atoms with Gasteiger partial charge in [-0.05, 0) is 0 Å². The summed E-state index contributed by atoms with van der Waals surface area (Å²) in [7, 11) is 0. The van der Waals surface area contributed by atoms with Crippen molar-refractivity contribution in [3.63, 3.8) is 0 Å². The van der Waals surface area contributed by atoms with Crippen LogP contribution in [0.15, 0.2) is 0 Å². The van der Waals surface area contributed by atoms with Crippen LogP contribution in [0.4, 0.5) is 0 Å². The van der Waals surface area contributed by atoms with Crippen LogP contribution in [-0.4, -0.2) is 26.4 Å². The molecule has 0 atom stereocenters. The molecule has 0 aliphatic heterocycles. The predicted octanol–water partition coefficient (Wildman–Crippen LogP) is 4.81. The van der Waals surface area contributed by atoms with Gasteiger partial charge in [0.25, 0.3) is 0 Å². The Morgan fingerprint density at radius 3 is 1.25 bits per heavy atom. The molecule has 0 aromatic carbocycles. The maximum atomic E-state index is 13.4. The van der Waals surface area contributed by atoms with E-state index in [1.54, 1.807) is 0 Å². The Bertz CT molecular complexity index is 317. The van der Waals surface area contributed by atoms with Crippen molar-refractivity contribution in [2.75, 3.05) is 26.4 Å². The predicted molar refractivity (Wildman–Crippen MR) is 86.3 cm³/mol. The van der Waals surface area contributed by atoms with Gasteiger partial charge in [0.05, 0.1) is 0 Å². The van der Waals surface area contributed by atoms with Crippen LogP contribution >= 0.6 is 0 Å². The summed E-state index contributed by atoms with van der Waals surface area (Å²) in [6.45, 7) is 9.00. The Kier molecular flexibility index (Phi) is 14.6. The minimum absolute atomic E-state index is 0.192. The van der Waals surface area contributed by atoms with E-state index in [9.17, 15) is 3.32 Å². The Hall–Kier alpha value is 0.274. The molecule has 146 valence electrons. The second-order valence-electron chi connectivity index (χ2n) is 5.76. The molecule has 0 bridgehead atoms. The van der Waals surface area contributed by atoms with Gasteiger partial charge in [-0.2, -0.15) is 0 Å². The molecule has 0 spiro atoms. The molecule has 0 saturated carbocycles. The molecule has 0 fully saturated rings. The molecule has 0 heterocycles. The van der Waals surface area contributed by atoms with E-state index in [1.807, 2.05) is 27.7 Å². The second kappa shape index (κ2) is 14.4. The molecule has 0 N–H and O–H groups in total. The third kappa shape index (κ3) is 11.0. The summed E-state index contributed by atoms with van der Waals surface area (Å²) >= 11 is -5.95. The number of unbranched alkanes of at least 4 members (excludes halogenated alkanes) is 4. The van der Waals surface area contributed by atoms with E-state index in [1.165, 1.54) is 0 Å². The molecule has 8 heteroatoms. The van der Waals surface area contributed by atoms with Crippen LogP contribution in [0.25, 0.3) is 0 Å². The molecule has 0 rings (SSSR count). The fourth-order valence-corrected chi connectivity index (χ4v) is 4.43. The summed E-state index contributed by atoms with van der Waals surface area (Å²) in [6, 6.07) is 0. The van der Waals surface area contributed by atoms with Crippen molar-refractivity contribution in [1.82, 2.24) is 0 Å². The molecule has 0 aliphatic rings. The molecule has 0 aromatic heterocycles. The van der Waals surface area contributed by atoms with Crippen LogP contribution < -0.4 is 0 Å². The summed E-state index contributed by atoms with van der Waals surface area (Å²) in [4.78, 5) is 10.2. The molecule has 7 nitrogen and oxygen atoms in total. The van der Waals surface area contributed by atoms with E-state index in [0.29, 0.717) is 12.8 Å². The first-order valence-corrected chi connectivity index (χ1v) is 12.5. The Morgan fingerprint density at radius 1 is 0.583 bits per heavy atom. The Balaban J connectivity index is 4.94. The number of rotatable bonds is 18. The third-order valence-electron chi connectivity index (χ3n) is 3.22. The minimum atomic E-state index is -5.95. The first-order valence-electron chi connectivity index (χ1n) is 9.34. The topological polar surface area (TPSA) is 72.5 Å². The molecule has 0 aromatic rings. The van der Waals surface area contributed by atoms with Crippen LogP contribution in [0, 0.1) is 0 Å². The van der Waals surface area contributed by atoms with Gasteiger partial charge in [-0.25, -0.2) is 0 Å². The van der Waals surface area contributed by atoms with Crippen molar-refractivity contribution in [3.8, 4) is 0 Å². The zero-order valence-electron chi connectivity index (χ0n) is 15.8. The Labute approximate surface area is 149 Å². The zero-order chi connectivity index (χ0) is 18.2. The molecule has 0 radical (unpaired) electrons. The van der Waals surface area contributed by atoms with E-state index < -0.39 is 16.8 Å². The van der Waals surface area contributed by atoms with Crippen LogP contribution in [-0.2, 0) is 43.5 Å². The van der Waals surface area contributed by atoms with Crippen molar-refractivity contribution >= 4 is 0 Å². The van der Waals surface area contributed by atoms with E-state index in [4.69, 9.17) is 23.4 Å². The summed E-state index contributed by atoms with van der Waals surface area (Å²) < 4.78 is 34.6. The van der Waals surface area contributed by atoms with Crippen molar-refractivity contribution in [3.05, 3.63) is 0 Å². The summed E-state index contributed by atoms with van der Waals surface area (Å²) in [6.07, 6.45) is 6.55. The molecular weight excluding hydrogens is 352 g/mol. The standard InChI is InChI=1S/2C4H10O2.2C4H9O.O.Ti/c2*1-2-3-4-6-5;2*1-2-3-4-5;;/h2*5H,2-4H2,1H3;2*2-4H2,1H3;;/q;;2*-1;;+4/p-2. The van der Waals surface area contributed by atoms with Crippen molar-refractivity contribution in [2.45, 2.75) is 79.1 Å². The average molecular weight is 388 g/mol. The summed E-state index contributed by atoms with van der Waals surface area (Å²) in [5.74, 6) is 0. The first-order chi connectivity index (χ1) is 11.5. The Morgan fingerprint density at radius 2 is 0.917 bits per heavy atom. The van der Waals surface area contributed by atoms with Gasteiger partial charge in [0, 0.05) is 0 Å². The fourth-order valence-electron chi connectivity index (χ4n) is 1.60. The van der Waals surface area contributed by atoms with Gasteiger partial charge in [-0.1, -0.05) is 0 Å². The van der Waals surface area contributed by atoms with Gasteiger partial charge < -0.3 is 0 Å². The zero-order valence-corrected chi connectivity index (χ0v) is 17.4. The molecule has 0 aliphatic carbocycles. The maximum absolute atomic E-state index is 13.4. The SMILES string of the molecule is CCCCO[O][Ti](=[O])([O]CCCC)([O]CCCC)[O]OCCCC. The number of hydrogen-bond acceptors (Lipinski definition) is 7. The quantitative estimate of drug-likeness (QED) is 0.144. The van der Waals surface area contributed by atoms with Crippen molar-refractivity contribution in [1.29, 1.82) is 0 Å². The van der Waals surface area contributed by atoms with Gasteiger partial charge in [0.1, 0.15) is 0 Å². The molecule has 0 unspecified atom stereocenters. The van der Waals surface area contributed by atoms with Crippen LogP contribution in [0.3, 0.4) is 0 Å². The van der Waals surface area contributed by atoms with Gasteiger partial charge in [0.2, 0.25) is 0 Å². The van der Waals surface area contributed by atoms with E-state index in [2.05, 4.69) is 0 Å².